The predicted octanol–water partition coefficient (Wildman–Crippen LogP) is 4.18. The normalized spacial score (nSPS) is 16.1. The van der Waals surface area contributed by atoms with Crippen molar-refractivity contribution in [1.82, 2.24) is 0 Å². The van der Waals surface area contributed by atoms with Crippen molar-refractivity contribution in [2.24, 2.45) is 5.92 Å². The maximum absolute atomic E-state index is 6.02. The molecule has 1 aliphatic heterocycles. The molecule has 1 saturated heterocycles. The fraction of sp³-hybridized carbons (Fsp3) is 0.625. The van der Waals surface area contributed by atoms with Crippen LogP contribution in [0.1, 0.15) is 31.7 Å². The van der Waals surface area contributed by atoms with E-state index in [1.54, 1.807) is 0 Å². The van der Waals surface area contributed by atoms with E-state index >= 15 is 0 Å². The molecule has 0 amide bonds. The second-order valence-corrected chi connectivity index (χ2v) is 5.68. The van der Waals surface area contributed by atoms with E-state index in [9.17, 15) is 0 Å². The topological polar surface area (TPSA) is 27.7 Å². The maximum atomic E-state index is 6.02. The minimum absolute atomic E-state index is 0.604. The van der Waals surface area contributed by atoms with Crippen molar-refractivity contribution in [2.45, 2.75) is 31.5 Å². The van der Waals surface area contributed by atoms with Crippen LogP contribution >= 0.6 is 15.9 Å². The third-order valence-corrected chi connectivity index (χ3v) is 4.07. The van der Waals surface area contributed by atoms with Crippen LogP contribution in [0.5, 0.6) is 11.5 Å². The van der Waals surface area contributed by atoms with Crippen LogP contribution in [-0.4, -0.2) is 26.4 Å². The van der Waals surface area contributed by atoms with E-state index in [2.05, 4.69) is 28.9 Å². The molecule has 3 nitrogen and oxygen atoms in total. The van der Waals surface area contributed by atoms with Crippen molar-refractivity contribution in [2.75, 3.05) is 26.4 Å². The van der Waals surface area contributed by atoms with Crippen LogP contribution in [0.15, 0.2) is 18.2 Å². The highest BCUT2D eigenvalue weighted by Gasteiger charge is 2.15. The molecule has 0 N–H and O–H groups in total. The molecule has 1 aromatic rings. The highest BCUT2D eigenvalue weighted by atomic mass is 79.9. The summed E-state index contributed by atoms with van der Waals surface area (Å²) < 4.78 is 17.1. The first-order valence-electron chi connectivity index (χ1n) is 7.35. The van der Waals surface area contributed by atoms with E-state index in [-0.39, 0.29) is 0 Å². The zero-order chi connectivity index (χ0) is 14.2. The third kappa shape index (κ3) is 4.67. The van der Waals surface area contributed by atoms with Crippen molar-refractivity contribution < 1.29 is 14.2 Å². The summed E-state index contributed by atoms with van der Waals surface area (Å²) in [5.41, 5.74) is 1.17. The molecule has 0 spiro atoms. The first kappa shape index (κ1) is 15.6. The molecule has 2 rings (SSSR count). The van der Waals surface area contributed by atoms with Gasteiger partial charge in [-0.15, -0.1) is 0 Å². The number of hydrogen-bond donors (Lipinski definition) is 0. The molecular weight excluding hydrogens is 320 g/mol. The largest absolute Gasteiger partial charge is 0.493 e. The molecule has 0 unspecified atom stereocenters. The molecular formula is C16H23BrO3. The highest BCUT2D eigenvalue weighted by molar-refractivity contribution is 9.08. The molecule has 0 aliphatic carbocycles. The molecule has 0 atom stereocenters. The Kier molecular flexibility index (Phi) is 6.67. The van der Waals surface area contributed by atoms with Gasteiger partial charge < -0.3 is 14.2 Å². The summed E-state index contributed by atoms with van der Waals surface area (Å²) in [6.07, 6.45) is 3.20. The molecule has 0 aromatic heterocycles. The van der Waals surface area contributed by atoms with E-state index < -0.39 is 0 Å². The quantitative estimate of drug-likeness (QED) is 0.696. The van der Waals surface area contributed by atoms with Gasteiger partial charge in [-0.25, -0.2) is 0 Å². The van der Waals surface area contributed by atoms with Crippen molar-refractivity contribution in [3.8, 4) is 11.5 Å². The van der Waals surface area contributed by atoms with Crippen LogP contribution < -0.4 is 9.47 Å². The van der Waals surface area contributed by atoms with Crippen LogP contribution in [0.25, 0.3) is 0 Å². The van der Waals surface area contributed by atoms with E-state index in [1.807, 2.05) is 12.1 Å². The summed E-state index contributed by atoms with van der Waals surface area (Å²) in [5.74, 6) is 2.42. The molecule has 1 aliphatic rings. The monoisotopic (exact) mass is 342 g/mol. The summed E-state index contributed by atoms with van der Waals surface area (Å²) in [5, 5.41) is 0.796. The summed E-state index contributed by atoms with van der Waals surface area (Å²) >= 11 is 3.51. The lowest BCUT2D eigenvalue weighted by Crippen LogP contribution is -2.21. The van der Waals surface area contributed by atoms with Gasteiger partial charge in [0.1, 0.15) is 11.5 Å². The molecule has 1 heterocycles. The summed E-state index contributed by atoms with van der Waals surface area (Å²) in [4.78, 5) is 0. The summed E-state index contributed by atoms with van der Waals surface area (Å²) in [7, 11) is 0. The standard InChI is InChI=1S/C16H23BrO3/c1-2-7-19-15-4-3-14(11-17)16(10-15)20-12-13-5-8-18-9-6-13/h3-4,10,13H,2,5-9,11-12H2,1H3. The number of ether oxygens (including phenoxy) is 3. The molecule has 0 radical (unpaired) electrons. The predicted molar refractivity (Wildman–Crippen MR) is 83.9 cm³/mol. The minimum Gasteiger partial charge on any atom is -0.493 e. The van der Waals surface area contributed by atoms with Crippen molar-refractivity contribution in [3.05, 3.63) is 23.8 Å². The Balaban J connectivity index is 1.96. The number of benzene rings is 1. The second kappa shape index (κ2) is 8.53. The van der Waals surface area contributed by atoms with Gasteiger partial charge in [0.2, 0.25) is 0 Å². The van der Waals surface area contributed by atoms with Gasteiger partial charge in [0, 0.05) is 30.2 Å². The van der Waals surface area contributed by atoms with Gasteiger partial charge in [0.05, 0.1) is 13.2 Å². The van der Waals surface area contributed by atoms with Crippen molar-refractivity contribution >= 4 is 15.9 Å². The number of hydrogen-bond acceptors (Lipinski definition) is 3. The van der Waals surface area contributed by atoms with Crippen LogP contribution in [-0.2, 0) is 10.1 Å². The Morgan fingerprint density at radius 2 is 2.05 bits per heavy atom. The van der Waals surface area contributed by atoms with Gasteiger partial charge >= 0.3 is 0 Å². The Morgan fingerprint density at radius 1 is 1.25 bits per heavy atom. The highest BCUT2D eigenvalue weighted by Crippen LogP contribution is 2.28. The Morgan fingerprint density at radius 3 is 2.75 bits per heavy atom. The van der Waals surface area contributed by atoms with Crippen LogP contribution in [0.3, 0.4) is 0 Å². The fourth-order valence-electron chi connectivity index (χ4n) is 2.21. The smallest absolute Gasteiger partial charge is 0.127 e. The van der Waals surface area contributed by atoms with Crippen molar-refractivity contribution in [1.29, 1.82) is 0 Å². The fourth-order valence-corrected chi connectivity index (χ4v) is 2.67. The van der Waals surface area contributed by atoms with E-state index in [1.165, 1.54) is 5.56 Å². The van der Waals surface area contributed by atoms with Gasteiger partial charge in [-0.1, -0.05) is 28.9 Å². The average molecular weight is 343 g/mol. The zero-order valence-corrected chi connectivity index (χ0v) is 13.7. The zero-order valence-electron chi connectivity index (χ0n) is 12.1. The van der Waals surface area contributed by atoms with Crippen LogP contribution in [0.2, 0.25) is 0 Å². The van der Waals surface area contributed by atoms with Gasteiger partial charge in [0.15, 0.2) is 0 Å². The molecule has 4 heteroatoms. The van der Waals surface area contributed by atoms with E-state index in [4.69, 9.17) is 14.2 Å². The first-order valence-corrected chi connectivity index (χ1v) is 8.48. The maximum Gasteiger partial charge on any atom is 0.127 e. The molecule has 112 valence electrons. The SMILES string of the molecule is CCCOc1ccc(CBr)c(OCC2CCOCC2)c1. The average Bonchev–Trinajstić information content (AvgIpc) is 2.52. The minimum atomic E-state index is 0.604. The lowest BCUT2D eigenvalue weighted by atomic mass is 10.0. The molecule has 20 heavy (non-hydrogen) atoms. The summed E-state index contributed by atoms with van der Waals surface area (Å²) in [6, 6.07) is 6.08. The number of alkyl halides is 1. The summed E-state index contributed by atoms with van der Waals surface area (Å²) in [6.45, 7) is 5.33. The van der Waals surface area contributed by atoms with Gasteiger partial charge in [-0.2, -0.15) is 0 Å². The van der Waals surface area contributed by atoms with Crippen molar-refractivity contribution in [3.63, 3.8) is 0 Å². The molecule has 0 saturated carbocycles. The second-order valence-electron chi connectivity index (χ2n) is 5.12. The first-order chi connectivity index (χ1) is 9.83. The molecule has 1 aromatic carbocycles. The molecule has 0 bridgehead atoms. The van der Waals surface area contributed by atoms with Crippen LogP contribution in [0.4, 0.5) is 0 Å². The lowest BCUT2D eigenvalue weighted by molar-refractivity contribution is 0.0496. The van der Waals surface area contributed by atoms with E-state index in [0.29, 0.717) is 5.92 Å². The third-order valence-electron chi connectivity index (χ3n) is 3.47. The Labute approximate surface area is 129 Å². The Hall–Kier alpha value is -0.740. The molecule has 1 fully saturated rings. The van der Waals surface area contributed by atoms with Crippen LogP contribution in [0, 0.1) is 5.92 Å². The van der Waals surface area contributed by atoms with Gasteiger partial charge in [-0.3, -0.25) is 0 Å². The van der Waals surface area contributed by atoms with E-state index in [0.717, 1.165) is 62.5 Å². The van der Waals surface area contributed by atoms with Gasteiger partial charge in [0.25, 0.3) is 0 Å². The number of rotatable bonds is 7. The number of halogens is 1. The Bertz CT molecular complexity index is 403. The van der Waals surface area contributed by atoms with Gasteiger partial charge in [-0.05, 0) is 31.2 Å². The lowest BCUT2D eigenvalue weighted by Gasteiger charge is -2.23.